The lowest BCUT2D eigenvalue weighted by Gasteiger charge is -2.18. The first-order chi connectivity index (χ1) is 8.09. The fourth-order valence-electron chi connectivity index (χ4n) is 1.51. The monoisotopic (exact) mass is 250 g/mol. The minimum Gasteiger partial charge on any atom is -0.302 e. The van der Waals surface area contributed by atoms with Gasteiger partial charge in [-0.3, -0.25) is 14.9 Å². The van der Waals surface area contributed by atoms with Gasteiger partial charge in [-0.25, -0.2) is 0 Å². The van der Waals surface area contributed by atoms with Crippen molar-refractivity contribution in [3.63, 3.8) is 0 Å². The molecule has 5 nitrogen and oxygen atoms in total. The summed E-state index contributed by atoms with van der Waals surface area (Å²) < 4.78 is 0. The van der Waals surface area contributed by atoms with Gasteiger partial charge in [0.05, 0.1) is 10.3 Å². The molecule has 1 amide bonds. The molecule has 6 heteroatoms. The van der Waals surface area contributed by atoms with Crippen LogP contribution in [-0.2, 0) is 0 Å². The van der Waals surface area contributed by atoms with Crippen LogP contribution in [-0.4, -0.2) is 21.1 Å². The van der Waals surface area contributed by atoms with Crippen molar-refractivity contribution in [1.29, 1.82) is 0 Å². The Hall–Kier alpha value is -1.82. The van der Waals surface area contributed by atoms with Crippen molar-refractivity contribution in [2.45, 2.75) is 12.3 Å². The Morgan fingerprint density at radius 1 is 1.41 bits per heavy atom. The summed E-state index contributed by atoms with van der Waals surface area (Å²) in [5.41, 5.74) is 0.440. The lowest BCUT2D eigenvalue weighted by atomic mass is 10.2. The number of thioether (sulfide) groups is 1. The number of hydrogen-bond donors (Lipinski definition) is 0. The molecule has 1 aromatic carbocycles. The van der Waals surface area contributed by atoms with Crippen molar-refractivity contribution in [3.8, 4) is 0 Å². The summed E-state index contributed by atoms with van der Waals surface area (Å²) in [5, 5.41) is 12.4. The zero-order chi connectivity index (χ0) is 12.4. The Morgan fingerprint density at radius 3 is 2.53 bits per heavy atom. The first-order valence-corrected chi connectivity index (χ1v) is 5.93. The van der Waals surface area contributed by atoms with Crippen LogP contribution < -0.4 is 0 Å². The Balaban J connectivity index is 2.20. The Labute approximate surface area is 102 Å². The highest BCUT2D eigenvalue weighted by molar-refractivity contribution is 8.02. The molecule has 0 spiro atoms. The van der Waals surface area contributed by atoms with Crippen LogP contribution >= 0.6 is 11.8 Å². The molecule has 0 radical (unpaired) electrons. The third-order valence-electron chi connectivity index (χ3n) is 2.45. The minimum absolute atomic E-state index is 0.0130. The van der Waals surface area contributed by atoms with Crippen molar-refractivity contribution in [2.75, 3.05) is 0 Å². The maximum atomic E-state index is 12.0. The maximum absolute atomic E-state index is 12.0. The summed E-state index contributed by atoms with van der Waals surface area (Å²) in [6, 6.07) is 5.63. The van der Waals surface area contributed by atoms with Crippen LogP contribution in [0.3, 0.4) is 0 Å². The summed E-state index contributed by atoms with van der Waals surface area (Å²) in [7, 11) is 0. The van der Waals surface area contributed by atoms with Gasteiger partial charge in [-0.1, -0.05) is 0 Å². The van der Waals surface area contributed by atoms with Gasteiger partial charge in [0.15, 0.2) is 0 Å². The van der Waals surface area contributed by atoms with Gasteiger partial charge in [0.25, 0.3) is 11.6 Å². The van der Waals surface area contributed by atoms with E-state index in [1.807, 2.05) is 12.3 Å². The average molecular weight is 250 g/mol. The van der Waals surface area contributed by atoms with E-state index in [4.69, 9.17) is 0 Å². The van der Waals surface area contributed by atoms with E-state index < -0.39 is 4.92 Å². The number of hydrogen-bond acceptors (Lipinski definition) is 4. The second-order valence-electron chi connectivity index (χ2n) is 3.54. The second-order valence-corrected chi connectivity index (χ2v) is 4.76. The van der Waals surface area contributed by atoms with Crippen molar-refractivity contribution >= 4 is 23.4 Å². The minimum atomic E-state index is -0.484. The second kappa shape index (κ2) is 4.58. The van der Waals surface area contributed by atoms with Crippen LogP contribution in [0.25, 0.3) is 0 Å². The number of carbonyl (C=O) groups is 1. The molecule has 1 aliphatic heterocycles. The molecular weight excluding hydrogens is 240 g/mol. The highest BCUT2D eigenvalue weighted by atomic mass is 32.2. The fraction of sp³-hybridized carbons (Fsp3) is 0.182. The molecule has 1 aromatic rings. The number of rotatable bonds is 2. The van der Waals surface area contributed by atoms with Crippen LogP contribution in [0.15, 0.2) is 35.9 Å². The summed E-state index contributed by atoms with van der Waals surface area (Å²) >= 11 is 1.55. The lowest BCUT2D eigenvalue weighted by molar-refractivity contribution is -0.384. The van der Waals surface area contributed by atoms with Crippen LogP contribution in [0.5, 0.6) is 0 Å². The number of benzene rings is 1. The van der Waals surface area contributed by atoms with Gasteiger partial charge in [0.1, 0.15) is 0 Å². The maximum Gasteiger partial charge on any atom is 0.269 e. The van der Waals surface area contributed by atoms with Gasteiger partial charge in [0.2, 0.25) is 0 Å². The highest BCUT2D eigenvalue weighted by Gasteiger charge is 2.23. The number of nitrogens with zero attached hydrogens (tertiary/aromatic N) is 2. The third-order valence-corrected chi connectivity index (χ3v) is 3.35. The van der Waals surface area contributed by atoms with E-state index in [0.29, 0.717) is 5.56 Å². The van der Waals surface area contributed by atoms with Gasteiger partial charge >= 0.3 is 0 Å². The average Bonchev–Trinajstić information content (AvgIpc) is 2.74. The Bertz CT molecular complexity index is 484. The standard InChI is InChI=1S/C11H10N2O3S/c1-8-12(6-7-17-8)11(14)9-2-4-10(5-3-9)13(15)16/h2-8H,1H3. The zero-order valence-electron chi connectivity index (χ0n) is 9.07. The largest absolute Gasteiger partial charge is 0.302 e. The molecule has 1 aliphatic rings. The smallest absolute Gasteiger partial charge is 0.269 e. The quantitative estimate of drug-likeness (QED) is 0.598. The molecule has 0 N–H and O–H groups in total. The molecule has 17 heavy (non-hydrogen) atoms. The third kappa shape index (κ3) is 2.31. The van der Waals surface area contributed by atoms with Gasteiger partial charge < -0.3 is 4.90 Å². The van der Waals surface area contributed by atoms with Gasteiger partial charge in [-0.2, -0.15) is 0 Å². The predicted octanol–water partition coefficient (Wildman–Crippen LogP) is 2.60. The number of nitro groups is 1. The molecule has 0 saturated carbocycles. The first-order valence-electron chi connectivity index (χ1n) is 4.99. The Morgan fingerprint density at radius 2 is 2.06 bits per heavy atom. The van der Waals surface area contributed by atoms with E-state index in [9.17, 15) is 14.9 Å². The summed E-state index contributed by atoms with van der Waals surface area (Å²) in [6.45, 7) is 1.92. The van der Waals surface area contributed by atoms with E-state index in [-0.39, 0.29) is 17.0 Å². The molecule has 1 atom stereocenters. The molecule has 0 aliphatic carbocycles. The van der Waals surface area contributed by atoms with Crippen LogP contribution in [0.2, 0.25) is 0 Å². The fourth-order valence-corrected chi connectivity index (χ4v) is 2.23. The normalized spacial score (nSPS) is 18.4. The van der Waals surface area contributed by atoms with Crippen molar-refractivity contribution < 1.29 is 9.72 Å². The highest BCUT2D eigenvalue weighted by Crippen LogP contribution is 2.26. The van der Waals surface area contributed by atoms with Crippen molar-refractivity contribution in [2.24, 2.45) is 0 Å². The van der Waals surface area contributed by atoms with Crippen LogP contribution in [0.4, 0.5) is 5.69 Å². The van der Waals surface area contributed by atoms with E-state index in [1.165, 1.54) is 24.3 Å². The van der Waals surface area contributed by atoms with E-state index in [0.717, 1.165) is 0 Å². The molecule has 1 heterocycles. The molecule has 1 unspecified atom stereocenters. The van der Waals surface area contributed by atoms with Crippen molar-refractivity contribution in [1.82, 2.24) is 4.90 Å². The molecule has 0 aromatic heterocycles. The summed E-state index contributed by atoms with van der Waals surface area (Å²) in [6.07, 6.45) is 1.72. The molecule has 0 bridgehead atoms. The summed E-state index contributed by atoms with van der Waals surface area (Å²) in [4.78, 5) is 23.6. The molecule has 0 fully saturated rings. The number of amides is 1. The molecular formula is C11H10N2O3S. The molecule has 88 valence electrons. The van der Waals surface area contributed by atoms with E-state index in [2.05, 4.69) is 0 Å². The van der Waals surface area contributed by atoms with Crippen molar-refractivity contribution in [3.05, 3.63) is 51.6 Å². The van der Waals surface area contributed by atoms with Crippen LogP contribution in [0.1, 0.15) is 17.3 Å². The number of nitro benzene ring substituents is 1. The Kier molecular flexibility index (Phi) is 3.14. The lowest BCUT2D eigenvalue weighted by Crippen LogP contribution is -2.29. The topological polar surface area (TPSA) is 63.5 Å². The molecule has 0 saturated heterocycles. The summed E-state index contributed by atoms with van der Waals surface area (Å²) in [5.74, 6) is -0.145. The van der Waals surface area contributed by atoms with E-state index >= 15 is 0 Å². The van der Waals surface area contributed by atoms with Gasteiger partial charge in [-0.15, -0.1) is 11.8 Å². The van der Waals surface area contributed by atoms with E-state index in [1.54, 1.807) is 22.9 Å². The van der Waals surface area contributed by atoms with Gasteiger partial charge in [-0.05, 0) is 24.5 Å². The SMILES string of the molecule is CC1SC=CN1C(=O)c1ccc([N+](=O)[O-])cc1. The zero-order valence-corrected chi connectivity index (χ0v) is 9.89. The van der Waals surface area contributed by atoms with Gasteiger partial charge in [0, 0.05) is 23.9 Å². The number of non-ortho nitro benzene ring substituents is 1. The molecule has 2 rings (SSSR count). The first kappa shape index (κ1) is 11.7. The predicted molar refractivity (Wildman–Crippen MR) is 65.5 cm³/mol. The number of carbonyl (C=O) groups excluding carboxylic acids is 1. The van der Waals surface area contributed by atoms with Crippen LogP contribution in [0, 0.1) is 10.1 Å².